The van der Waals surface area contributed by atoms with E-state index in [-0.39, 0.29) is 0 Å². The molecule has 0 atom stereocenters. The van der Waals surface area contributed by atoms with Gasteiger partial charge in [0.15, 0.2) is 6.33 Å². The largest absolute Gasteiger partial charge is 0.366 e. The van der Waals surface area contributed by atoms with E-state index in [4.69, 9.17) is 5.73 Å². The van der Waals surface area contributed by atoms with Crippen molar-refractivity contribution in [2.45, 2.75) is 6.42 Å². The van der Waals surface area contributed by atoms with Crippen molar-refractivity contribution < 1.29 is 9.18 Å². The van der Waals surface area contributed by atoms with Crippen molar-refractivity contribution in [1.29, 1.82) is 0 Å². The molecule has 0 aliphatic heterocycles. The summed E-state index contributed by atoms with van der Waals surface area (Å²) in [6.45, 7) is 0. The molecule has 0 unspecified atom stereocenters. The van der Waals surface area contributed by atoms with Crippen LogP contribution in [0.1, 0.15) is 21.5 Å². The van der Waals surface area contributed by atoms with Gasteiger partial charge in [0.05, 0.1) is 0 Å². The SMILES string of the molecule is NC(=O)c1ccc(F)cc1Cc1ccc(-c2nncnn2)cc1. The molecule has 23 heavy (non-hydrogen) atoms. The topological polar surface area (TPSA) is 94.7 Å². The number of hydrogen-bond donors (Lipinski definition) is 1. The van der Waals surface area contributed by atoms with Crippen LogP contribution >= 0.6 is 0 Å². The van der Waals surface area contributed by atoms with E-state index in [1.165, 1.54) is 24.5 Å². The van der Waals surface area contributed by atoms with Crippen molar-refractivity contribution in [3.63, 3.8) is 0 Å². The number of amides is 1. The molecule has 2 N–H and O–H groups in total. The van der Waals surface area contributed by atoms with Gasteiger partial charge >= 0.3 is 0 Å². The highest BCUT2D eigenvalue weighted by Crippen LogP contribution is 2.19. The molecule has 7 heteroatoms. The molecular formula is C16H12FN5O. The van der Waals surface area contributed by atoms with E-state index in [1.54, 1.807) is 0 Å². The molecule has 0 saturated carbocycles. The Morgan fingerprint density at radius 1 is 1.04 bits per heavy atom. The van der Waals surface area contributed by atoms with Crippen LogP contribution in [0.5, 0.6) is 0 Å². The van der Waals surface area contributed by atoms with Gasteiger partial charge < -0.3 is 5.73 Å². The summed E-state index contributed by atoms with van der Waals surface area (Å²) in [6, 6.07) is 11.3. The van der Waals surface area contributed by atoms with Gasteiger partial charge in [-0.3, -0.25) is 4.79 Å². The zero-order valence-electron chi connectivity index (χ0n) is 12.0. The molecule has 0 fully saturated rings. The molecule has 1 aromatic heterocycles. The Morgan fingerprint density at radius 2 is 1.74 bits per heavy atom. The fourth-order valence-electron chi connectivity index (χ4n) is 2.26. The average molecular weight is 309 g/mol. The number of nitrogens with zero attached hydrogens (tertiary/aromatic N) is 4. The van der Waals surface area contributed by atoms with Crippen molar-refractivity contribution >= 4 is 5.91 Å². The Kier molecular flexibility index (Phi) is 4.01. The molecule has 114 valence electrons. The van der Waals surface area contributed by atoms with Gasteiger partial charge in [0, 0.05) is 11.1 Å². The molecule has 2 aromatic carbocycles. The van der Waals surface area contributed by atoms with Crippen molar-refractivity contribution in [2.24, 2.45) is 5.73 Å². The van der Waals surface area contributed by atoms with E-state index in [9.17, 15) is 9.18 Å². The van der Waals surface area contributed by atoms with E-state index in [0.29, 0.717) is 23.4 Å². The molecular weight excluding hydrogens is 297 g/mol. The predicted molar refractivity (Wildman–Crippen MR) is 80.8 cm³/mol. The van der Waals surface area contributed by atoms with Crippen LogP contribution in [0.25, 0.3) is 11.4 Å². The van der Waals surface area contributed by atoms with Crippen molar-refractivity contribution in [2.75, 3.05) is 0 Å². The van der Waals surface area contributed by atoms with Crippen LogP contribution in [0.15, 0.2) is 48.8 Å². The number of rotatable bonds is 4. The number of carbonyl (C=O) groups is 1. The zero-order chi connectivity index (χ0) is 16.2. The summed E-state index contributed by atoms with van der Waals surface area (Å²) in [4.78, 5) is 11.4. The molecule has 1 heterocycles. The van der Waals surface area contributed by atoms with Gasteiger partial charge in [-0.15, -0.1) is 20.4 Å². The number of primary amides is 1. The van der Waals surface area contributed by atoms with Crippen LogP contribution in [0.2, 0.25) is 0 Å². The Balaban J connectivity index is 1.87. The lowest BCUT2D eigenvalue weighted by atomic mass is 9.98. The number of aromatic nitrogens is 4. The third-order valence-corrected chi connectivity index (χ3v) is 3.35. The van der Waals surface area contributed by atoms with Gasteiger partial charge in [0.25, 0.3) is 0 Å². The summed E-state index contributed by atoms with van der Waals surface area (Å²) < 4.78 is 13.4. The normalized spacial score (nSPS) is 10.5. The highest BCUT2D eigenvalue weighted by molar-refractivity contribution is 5.94. The van der Waals surface area contributed by atoms with Gasteiger partial charge in [-0.25, -0.2) is 4.39 Å². The molecule has 0 spiro atoms. The number of hydrogen-bond acceptors (Lipinski definition) is 5. The second-order valence-electron chi connectivity index (χ2n) is 4.91. The summed E-state index contributed by atoms with van der Waals surface area (Å²) >= 11 is 0. The van der Waals surface area contributed by atoms with E-state index in [0.717, 1.165) is 11.1 Å². The summed E-state index contributed by atoms with van der Waals surface area (Å²) in [7, 11) is 0. The van der Waals surface area contributed by atoms with Gasteiger partial charge in [-0.1, -0.05) is 24.3 Å². The summed E-state index contributed by atoms with van der Waals surface area (Å²) in [5, 5.41) is 15.1. The minimum absolute atomic E-state index is 0.315. The summed E-state index contributed by atoms with van der Waals surface area (Å²) in [6.07, 6.45) is 1.65. The predicted octanol–water partition coefficient (Wildman–Crippen LogP) is 1.76. The maximum atomic E-state index is 13.4. The molecule has 3 rings (SSSR count). The Labute approximate surface area is 131 Å². The monoisotopic (exact) mass is 309 g/mol. The first-order chi connectivity index (χ1) is 11.1. The molecule has 0 aliphatic carbocycles. The zero-order valence-corrected chi connectivity index (χ0v) is 12.0. The van der Waals surface area contributed by atoms with E-state index in [1.807, 2.05) is 24.3 Å². The van der Waals surface area contributed by atoms with Crippen molar-refractivity contribution in [3.8, 4) is 11.4 Å². The molecule has 3 aromatic rings. The summed E-state index contributed by atoms with van der Waals surface area (Å²) in [5.74, 6) is -0.564. The summed E-state index contributed by atoms with van der Waals surface area (Å²) in [5.41, 5.74) is 7.86. The maximum Gasteiger partial charge on any atom is 0.248 e. The molecule has 0 radical (unpaired) electrons. The van der Waals surface area contributed by atoms with Gasteiger partial charge in [0.2, 0.25) is 11.7 Å². The molecule has 6 nitrogen and oxygen atoms in total. The lowest BCUT2D eigenvalue weighted by molar-refractivity contribution is 0.0999. The first kappa shape index (κ1) is 14.7. The fraction of sp³-hybridized carbons (Fsp3) is 0.0625. The molecule has 0 saturated heterocycles. The van der Waals surface area contributed by atoms with Crippen molar-refractivity contribution in [3.05, 3.63) is 71.3 Å². The Bertz CT molecular complexity index is 837. The number of carbonyl (C=O) groups excluding carboxylic acids is 1. The number of halogens is 1. The second-order valence-corrected chi connectivity index (χ2v) is 4.91. The Morgan fingerprint density at radius 3 is 2.39 bits per heavy atom. The minimum Gasteiger partial charge on any atom is -0.366 e. The minimum atomic E-state index is -0.577. The Hall–Kier alpha value is -3.22. The van der Waals surface area contributed by atoms with Gasteiger partial charge in [-0.05, 0) is 35.7 Å². The first-order valence-corrected chi connectivity index (χ1v) is 6.81. The van der Waals surface area contributed by atoms with E-state index in [2.05, 4.69) is 20.4 Å². The van der Waals surface area contributed by atoms with Crippen LogP contribution < -0.4 is 5.73 Å². The molecule has 1 amide bonds. The third kappa shape index (κ3) is 3.34. The smallest absolute Gasteiger partial charge is 0.248 e. The third-order valence-electron chi connectivity index (χ3n) is 3.35. The standard InChI is InChI=1S/C16H12FN5O/c17-13-5-6-14(15(18)23)12(8-13)7-10-1-3-11(4-2-10)16-21-19-9-20-22-16/h1-6,8-9H,7H2,(H2,18,23). The van der Waals surface area contributed by atoms with Crippen LogP contribution in [0.4, 0.5) is 4.39 Å². The van der Waals surface area contributed by atoms with Crippen LogP contribution in [-0.4, -0.2) is 26.3 Å². The fourth-order valence-corrected chi connectivity index (χ4v) is 2.26. The highest BCUT2D eigenvalue weighted by Gasteiger charge is 2.10. The quantitative estimate of drug-likeness (QED) is 0.792. The average Bonchev–Trinajstić information content (AvgIpc) is 2.56. The van der Waals surface area contributed by atoms with E-state index < -0.39 is 11.7 Å². The highest BCUT2D eigenvalue weighted by atomic mass is 19.1. The first-order valence-electron chi connectivity index (χ1n) is 6.81. The van der Waals surface area contributed by atoms with Gasteiger partial charge in [-0.2, -0.15) is 0 Å². The maximum absolute atomic E-state index is 13.4. The van der Waals surface area contributed by atoms with Crippen LogP contribution in [0, 0.1) is 5.82 Å². The number of benzene rings is 2. The molecule has 0 bridgehead atoms. The lowest BCUT2D eigenvalue weighted by Gasteiger charge is -2.08. The van der Waals surface area contributed by atoms with Crippen LogP contribution in [0.3, 0.4) is 0 Å². The molecule has 0 aliphatic rings. The van der Waals surface area contributed by atoms with Gasteiger partial charge in [0.1, 0.15) is 5.82 Å². The van der Waals surface area contributed by atoms with E-state index >= 15 is 0 Å². The van der Waals surface area contributed by atoms with Crippen molar-refractivity contribution in [1.82, 2.24) is 20.4 Å². The lowest BCUT2D eigenvalue weighted by Crippen LogP contribution is -2.14. The number of nitrogens with two attached hydrogens (primary N) is 1. The van der Waals surface area contributed by atoms with Crippen LogP contribution in [-0.2, 0) is 6.42 Å². The second kappa shape index (κ2) is 6.27.